The van der Waals surface area contributed by atoms with E-state index in [-0.39, 0.29) is 0 Å². The Bertz CT molecular complexity index is 421. The molecule has 1 unspecified atom stereocenters. The fourth-order valence-corrected chi connectivity index (χ4v) is 4.82. The lowest BCUT2D eigenvalue weighted by Gasteiger charge is -2.30. The zero-order chi connectivity index (χ0) is 16.4. The van der Waals surface area contributed by atoms with E-state index in [0.29, 0.717) is 26.2 Å². The van der Waals surface area contributed by atoms with Crippen LogP contribution in [0, 0.1) is 0 Å². The molecule has 0 saturated carbocycles. The number of aliphatic hydroxyl groups excluding tert-OH is 1. The van der Waals surface area contributed by atoms with Gasteiger partial charge >= 0.3 is 8.56 Å². The third-order valence-corrected chi connectivity index (χ3v) is 6.58. The highest BCUT2D eigenvalue weighted by Crippen LogP contribution is 2.19. The highest BCUT2D eigenvalue weighted by Gasteiger charge is 2.31. The molecule has 0 amide bonds. The van der Waals surface area contributed by atoms with Crippen molar-refractivity contribution in [3.05, 3.63) is 48.7 Å². The summed E-state index contributed by atoms with van der Waals surface area (Å²) in [6.07, 6.45) is 1.73. The first kappa shape index (κ1) is 18.9. The summed E-state index contributed by atoms with van der Waals surface area (Å²) in [5, 5.41) is 10.4. The standard InChI is InChI=1S/C17H29NO3Si/c1-5-18(15-16-11-9-8-10-12-16)17(19)13-14-22(4,20-6-2)21-7-3/h5,8-12,17,19H,1,6-7,13-15H2,2-4H3. The number of rotatable bonds is 11. The molecule has 4 nitrogen and oxygen atoms in total. The average Bonchev–Trinajstić information content (AvgIpc) is 2.52. The number of benzene rings is 1. The van der Waals surface area contributed by atoms with Crippen molar-refractivity contribution >= 4 is 8.56 Å². The van der Waals surface area contributed by atoms with Crippen LogP contribution in [0.5, 0.6) is 0 Å². The Kier molecular flexibility index (Phi) is 8.41. The fourth-order valence-electron chi connectivity index (χ4n) is 2.44. The lowest BCUT2D eigenvalue weighted by atomic mass is 10.2. The zero-order valence-electron chi connectivity index (χ0n) is 14.0. The summed E-state index contributed by atoms with van der Waals surface area (Å²) in [4.78, 5) is 1.85. The molecule has 0 aliphatic heterocycles. The van der Waals surface area contributed by atoms with Crippen LogP contribution in [0.3, 0.4) is 0 Å². The van der Waals surface area contributed by atoms with Crippen LogP contribution in [0.4, 0.5) is 0 Å². The summed E-state index contributed by atoms with van der Waals surface area (Å²) in [6, 6.07) is 10.8. The highest BCUT2D eigenvalue weighted by atomic mass is 28.4. The van der Waals surface area contributed by atoms with Gasteiger partial charge in [0.05, 0.1) is 0 Å². The normalized spacial score (nSPS) is 12.9. The average molecular weight is 324 g/mol. The van der Waals surface area contributed by atoms with Crippen LogP contribution in [0.15, 0.2) is 43.1 Å². The van der Waals surface area contributed by atoms with Crippen LogP contribution >= 0.6 is 0 Å². The number of hydrogen-bond acceptors (Lipinski definition) is 4. The van der Waals surface area contributed by atoms with Gasteiger partial charge in [-0.1, -0.05) is 36.9 Å². The zero-order valence-corrected chi connectivity index (χ0v) is 15.0. The molecule has 0 heterocycles. The first-order valence-electron chi connectivity index (χ1n) is 7.92. The van der Waals surface area contributed by atoms with Gasteiger partial charge in [-0.15, -0.1) is 0 Å². The molecular formula is C17H29NO3Si. The Morgan fingerprint density at radius 2 is 1.82 bits per heavy atom. The molecule has 0 spiro atoms. The molecule has 1 atom stereocenters. The highest BCUT2D eigenvalue weighted by molar-refractivity contribution is 6.66. The third-order valence-electron chi connectivity index (χ3n) is 3.58. The Labute approximate surface area is 135 Å². The van der Waals surface area contributed by atoms with E-state index in [4.69, 9.17) is 8.85 Å². The van der Waals surface area contributed by atoms with E-state index in [9.17, 15) is 5.11 Å². The second-order valence-electron chi connectivity index (χ2n) is 5.36. The summed E-state index contributed by atoms with van der Waals surface area (Å²) in [7, 11) is -2.18. The van der Waals surface area contributed by atoms with Crippen LogP contribution in [-0.4, -0.2) is 38.0 Å². The van der Waals surface area contributed by atoms with Gasteiger partial charge in [0.25, 0.3) is 0 Å². The second-order valence-corrected chi connectivity index (χ2v) is 8.70. The van der Waals surface area contributed by atoms with Crippen molar-refractivity contribution in [1.82, 2.24) is 4.90 Å². The molecule has 1 rings (SSSR count). The molecule has 0 saturated heterocycles. The van der Waals surface area contributed by atoms with Crippen LogP contribution in [-0.2, 0) is 15.4 Å². The van der Waals surface area contributed by atoms with E-state index in [2.05, 4.69) is 13.1 Å². The molecule has 5 heteroatoms. The van der Waals surface area contributed by atoms with Crippen LogP contribution in [0.25, 0.3) is 0 Å². The van der Waals surface area contributed by atoms with E-state index in [1.165, 1.54) is 0 Å². The van der Waals surface area contributed by atoms with Gasteiger partial charge in [0.1, 0.15) is 6.23 Å². The van der Waals surface area contributed by atoms with Gasteiger partial charge in [0, 0.05) is 19.8 Å². The van der Waals surface area contributed by atoms with Crippen molar-refractivity contribution in [2.75, 3.05) is 13.2 Å². The largest absolute Gasteiger partial charge is 0.395 e. The summed E-state index contributed by atoms with van der Waals surface area (Å²) in [5.41, 5.74) is 1.15. The maximum absolute atomic E-state index is 10.4. The quantitative estimate of drug-likeness (QED) is 0.500. The Hall–Kier alpha value is -1.14. The minimum Gasteiger partial charge on any atom is -0.395 e. The van der Waals surface area contributed by atoms with Crippen molar-refractivity contribution < 1.29 is 14.0 Å². The predicted octanol–water partition coefficient (Wildman–Crippen LogP) is 3.49. The second kappa shape index (κ2) is 9.79. The van der Waals surface area contributed by atoms with Gasteiger partial charge in [-0.3, -0.25) is 0 Å². The van der Waals surface area contributed by atoms with Gasteiger partial charge in [-0.25, -0.2) is 0 Å². The first-order chi connectivity index (χ1) is 10.5. The third kappa shape index (κ3) is 6.32. The smallest absolute Gasteiger partial charge is 0.335 e. The van der Waals surface area contributed by atoms with Crippen molar-refractivity contribution in [3.63, 3.8) is 0 Å². The minimum atomic E-state index is -2.18. The van der Waals surface area contributed by atoms with E-state index < -0.39 is 14.8 Å². The lowest BCUT2D eigenvalue weighted by molar-refractivity contribution is 0.0271. The van der Waals surface area contributed by atoms with E-state index in [1.54, 1.807) is 6.20 Å². The Balaban J connectivity index is 2.57. The monoisotopic (exact) mass is 323 g/mol. The predicted molar refractivity (Wildman–Crippen MR) is 92.5 cm³/mol. The summed E-state index contributed by atoms with van der Waals surface area (Å²) in [5.74, 6) is 0. The first-order valence-corrected chi connectivity index (χ1v) is 10.4. The number of aliphatic hydroxyl groups is 1. The van der Waals surface area contributed by atoms with Crippen LogP contribution in [0.2, 0.25) is 12.6 Å². The molecule has 0 aliphatic rings. The number of hydrogen-bond donors (Lipinski definition) is 1. The van der Waals surface area contributed by atoms with Crippen molar-refractivity contribution in [2.45, 2.75) is 45.6 Å². The SMILES string of the molecule is C=CN(Cc1ccccc1)C(O)CC[Si](C)(OCC)OCC. The van der Waals surface area contributed by atoms with Crippen LogP contribution < -0.4 is 0 Å². The van der Waals surface area contributed by atoms with E-state index >= 15 is 0 Å². The lowest BCUT2D eigenvalue weighted by Crippen LogP contribution is -2.41. The number of nitrogens with zero attached hydrogens (tertiary/aromatic N) is 1. The van der Waals surface area contributed by atoms with E-state index in [1.807, 2.05) is 49.1 Å². The molecule has 22 heavy (non-hydrogen) atoms. The van der Waals surface area contributed by atoms with Gasteiger partial charge in [0.2, 0.25) is 0 Å². The maximum atomic E-state index is 10.4. The topological polar surface area (TPSA) is 41.9 Å². The Morgan fingerprint density at radius 1 is 1.23 bits per heavy atom. The molecule has 1 N–H and O–H groups in total. The molecule has 124 valence electrons. The molecule has 0 fully saturated rings. The minimum absolute atomic E-state index is 0.578. The van der Waals surface area contributed by atoms with Gasteiger partial charge in [-0.2, -0.15) is 0 Å². The molecule has 0 aromatic heterocycles. The maximum Gasteiger partial charge on any atom is 0.335 e. The van der Waals surface area contributed by atoms with Gasteiger partial charge in [-0.05, 0) is 44.6 Å². The molecule has 1 aromatic carbocycles. The van der Waals surface area contributed by atoms with Gasteiger partial charge in [0.15, 0.2) is 0 Å². The molecule has 1 aromatic rings. The van der Waals surface area contributed by atoms with Crippen molar-refractivity contribution in [1.29, 1.82) is 0 Å². The summed E-state index contributed by atoms with van der Waals surface area (Å²) >= 11 is 0. The van der Waals surface area contributed by atoms with Crippen LogP contribution in [0.1, 0.15) is 25.8 Å². The van der Waals surface area contributed by atoms with E-state index in [0.717, 1.165) is 11.6 Å². The molecule has 0 bridgehead atoms. The van der Waals surface area contributed by atoms with Crippen molar-refractivity contribution in [2.24, 2.45) is 0 Å². The fraction of sp³-hybridized carbons (Fsp3) is 0.529. The summed E-state index contributed by atoms with van der Waals surface area (Å²) < 4.78 is 11.6. The molecule has 0 radical (unpaired) electrons. The molecular weight excluding hydrogens is 294 g/mol. The van der Waals surface area contributed by atoms with Gasteiger partial charge < -0.3 is 18.9 Å². The Morgan fingerprint density at radius 3 is 2.32 bits per heavy atom. The summed E-state index contributed by atoms with van der Waals surface area (Å²) in [6.45, 7) is 11.8. The molecule has 0 aliphatic carbocycles. The van der Waals surface area contributed by atoms with Crippen molar-refractivity contribution in [3.8, 4) is 0 Å².